The van der Waals surface area contributed by atoms with E-state index in [-0.39, 0.29) is 11.8 Å². The minimum absolute atomic E-state index is 0.102. The maximum absolute atomic E-state index is 12.7. The number of carbonyl (C=O) groups excluding carboxylic acids is 2. The van der Waals surface area contributed by atoms with Crippen LogP contribution in [0.2, 0.25) is 0 Å². The number of methoxy groups -OCH3 is 1. The lowest BCUT2D eigenvalue weighted by atomic mass is 10.0. The molecule has 0 saturated heterocycles. The van der Waals surface area contributed by atoms with Crippen LogP contribution in [0.3, 0.4) is 0 Å². The molecule has 1 aliphatic carbocycles. The van der Waals surface area contributed by atoms with E-state index in [0.717, 1.165) is 8.95 Å². The summed E-state index contributed by atoms with van der Waals surface area (Å²) in [6, 6.07) is 12.3. The molecule has 0 radical (unpaired) electrons. The Hall–Kier alpha value is -1.66. The number of carbonyl (C=O) groups is 2. The Labute approximate surface area is 156 Å². The Morgan fingerprint density at radius 3 is 2.08 bits per heavy atom. The van der Waals surface area contributed by atoms with Crippen molar-refractivity contribution >= 4 is 43.6 Å². The molecule has 0 amide bonds. The molecule has 0 heterocycles. The van der Waals surface area contributed by atoms with E-state index in [1.807, 2.05) is 18.2 Å². The van der Waals surface area contributed by atoms with Crippen molar-refractivity contribution in [1.29, 1.82) is 0 Å². The van der Waals surface area contributed by atoms with Crippen molar-refractivity contribution in [2.45, 2.75) is 18.4 Å². The van der Waals surface area contributed by atoms with E-state index in [9.17, 15) is 9.59 Å². The number of benzene rings is 2. The van der Waals surface area contributed by atoms with E-state index in [4.69, 9.17) is 9.47 Å². The summed E-state index contributed by atoms with van der Waals surface area (Å²) >= 11 is 6.81. The zero-order valence-corrected chi connectivity index (χ0v) is 16.0. The van der Waals surface area contributed by atoms with E-state index in [1.54, 1.807) is 24.3 Å². The molecule has 2 aromatic carbocycles. The standard InChI is InChI=1S/C18H14Br2O4/c1-23-17(22)18(9-10-18)24-12-7-5-11(6-8-12)16(21)15-13(19)3-2-4-14(15)20/h2-8H,9-10H2,1H3. The Bertz CT molecular complexity index is 775. The van der Waals surface area contributed by atoms with Crippen molar-refractivity contribution in [2.24, 2.45) is 0 Å². The van der Waals surface area contributed by atoms with Gasteiger partial charge in [0.05, 0.1) is 12.7 Å². The molecular formula is C18H14Br2O4. The second kappa shape index (κ2) is 6.69. The fourth-order valence-corrected chi connectivity index (χ4v) is 3.76. The number of hydrogen-bond acceptors (Lipinski definition) is 4. The van der Waals surface area contributed by atoms with Gasteiger partial charge in [0.25, 0.3) is 0 Å². The molecular weight excluding hydrogens is 440 g/mol. The first-order chi connectivity index (χ1) is 11.5. The topological polar surface area (TPSA) is 52.6 Å². The summed E-state index contributed by atoms with van der Waals surface area (Å²) in [7, 11) is 1.35. The van der Waals surface area contributed by atoms with Gasteiger partial charge in [0.1, 0.15) is 5.75 Å². The fourth-order valence-electron chi connectivity index (χ4n) is 2.41. The molecule has 0 atom stereocenters. The van der Waals surface area contributed by atoms with Crippen molar-refractivity contribution in [3.63, 3.8) is 0 Å². The lowest BCUT2D eigenvalue weighted by Crippen LogP contribution is -2.30. The highest BCUT2D eigenvalue weighted by atomic mass is 79.9. The number of esters is 1. The van der Waals surface area contributed by atoms with Crippen LogP contribution in [0.4, 0.5) is 0 Å². The quantitative estimate of drug-likeness (QED) is 0.493. The first kappa shape index (κ1) is 17.2. The lowest BCUT2D eigenvalue weighted by molar-refractivity contribution is -0.151. The summed E-state index contributed by atoms with van der Waals surface area (Å²) in [5.74, 6) is 0.0791. The number of rotatable bonds is 5. The summed E-state index contributed by atoms with van der Waals surface area (Å²) in [6.45, 7) is 0. The van der Waals surface area contributed by atoms with Gasteiger partial charge < -0.3 is 9.47 Å². The van der Waals surface area contributed by atoms with Crippen LogP contribution in [-0.4, -0.2) is 24.5 Å². The molecule has 24 heavy (non-hydrogen) atoms. The molecule has 0 aromatic heterocycles. The van der Waals surface area contributed by atoms with Crippen molar-refractivity contribution in [2.75, 3.05) is 7.11 Å². The molecule has 6 heteroatoms. The van der Waals surface area contributed by atoms with Gasteiger partial charge in [-0.3, -0.25) is 4.79 Å². The van der Waals surface area contributed by atoms with Crippen molar-refractivity contribution in [1.82, 2.24) is 0 Å². The van der Waals surface area contributed by atoms with Gasteiger partial charge in [-0.15, -0.1) is 0 Å². The molecule has 0 spiro atoms. The maximum atomic E-state index is 12.7. The van der Waals surface area contributed by atoms with Crippen molar-refractivity contribution in [3.8, 4) is 5.75 Å². The number of hydrogen-bond donors (Lipinski definition) is 0. The highest BCUT2D eigenvalue weighted by Crippen LogP contribution is 2.41. The molecule has 1 fully saturated rings. The van der Waals surface area contributed by atoms with Crippen LogP contribution in [-0.2, 0) is 9.53 Å². The van der Waals surface area contributed by atoms with E-state index in [0.29, 0.717) is 29.7 Å². The smallest absolute Gasteiger partial charge is 0.350 e. The predicted molar refractivity (Wildman–Crippen MR) is 96.3 cm³/mol. The monoisotopic (exact) mass is 452 g/mol. The van der Waals surface area contributed by atoms with Crippen molar-refractivity contribution < 1.29 is 19.1 Å². The SMILES string of the molecule is COC(=O)C1(Oc2ccc(C(=O)c3c(Br)cccc3Br)cc2)CC1. The van der Waals surface area contributed by atoms with Gasteiger partial charge in [0.15, 0.2) is 5.78 Å². The third kappa shape index (κ3) is 3.26. The molecule has 0 bridgehead atoms. The molecule has 0 N–H and O–H groups in total. The fraction of sp³-hybridized carbons (Fsp3) is 0.222. The third-order valence-corrected chi connectivity index (χ3v) is 5.20. The Morgan fingerprint density at radius 1 is 1.00 bits per heavy atom. The summed E-state index contributed by atoms with van der Waals surface area (Å²) in [5.41, 5.74) is 0.253. The normalized spacial score (nSPS) is 14.8. The van der Waals surface area contributed by atoms with E-state index in [1.165, 1.54) is 7.11 Å². The minimum atomic E-state index is -0.855. The summed E-state index contributed by atoms with van der Waals surface area (Å²) in [6.07, 6.45) is 1.29. The van der Waals surface area contributed by atoms with Gasteiger partial charge >= 0.3 is 5.97 Å². The van der Waals surface area contributed by atoms with E-state index >= 15 is 0 Å². The Kier molecular flexibility index (Phi) is 4.78. The Morgan fingerprint density at radius 2 is 1.58 bits per heavy atom. The average molecular weight is 454 g/mol. The van der Waals surface area contributed by atoms with Crippen LogP contribution >= 0.6 is 31.9 Å². The summed E-state index contributed by atoms with van der Waals surface area (Å²) in [5, 5.41) is 0. The van der Waals surface area contributed by atoms with E-state index in [2.05, 4.69) is 31.9 Å². The van der Waals surface area contributed by atoms with Crippen LogP contribution in [0, 0.1) is 0 Å². The second-order valence-corrected chi connectivity index (χ2v) is 7.25. The van der Waals surface area contributed by atoms with Crippen molar-refractivity contribution in [3.05, 3.63) is 62.5 Å². The minimum Gasteiger partial charge on any atom is -0.476 e. The van der Waals surface area contributed by atoms with Crippen LogP contribution in [0.5, 0.6) is 5.75 Å². The summed E-state index contributed by atoms with van der Waals surface area (Å²) < 4.78 is 12.0. The van der Waals surface area contributed by atoms with E-state index < -0.39 is 5.60 Å². The van der Waals surface area contributed by atoms with Gasteiger partial charge in [-0.25, -0.2) is 4.79 Å². The molecule has 1 aliphatic rings. The zero-order chi connectivity index (χ0) is 17.3. The largest absolute Gasteiger partial charge is 0.476 e. The first-order valence-electron chi connectivity index (χ1n) is 7.33. The van der Waals surface area contributed by atoms with Crippen LogP contribution < -0.4 is 4.74 Å². The van der Waals surface area contributed by atoms with Gasteiger partial charge in [-0.1, -0.05) is 6.07 Å². The van der Waals surface area contributed by atoms with Crippen LogP contribution in [0.15, 0.2) is 51.4 Å². The van der Waals surface area contributed by atoms with Gasteiger partial charge in [0, 0.05) is 27.4 Å². The zero-order valence-electron chi connectivity index (χ0n) is 12.8. The highest BCUT2D eigenvalue weighted by Gasteiger charge is 2.54. The molecule has 1 saturated carbocycles. The summed E-state index contributed by atoms with van der Waals surface area (Å²) in [4.78, 5) is 24.4. The van der Waals surface area contributed by atoms with Gasteiger partial charge in [-0.05, 0) is 68.3 Å². The second-order valence-electron chi connectivity index (χ2n) is 5.54. The van der Waals surface area contributed by atoms with Gasteiger partial charge in [0.2, 0.25) is 5.60 Å². The highest BCUT2D eigenvalue weighted by molar-refractivity contribution is 9.11. The molecule has 4 nitrogen and oxygen atoms in total. The third-order valence-electron chi connectivity index (χ3n) is 3.88. The number of ketones is 1. The van der Waals surface area contributed by atoms with Gasteiger partial charge in [-0.2, -0.15) is 0 Å². The average Bonchev–Trinajstić information content (AvgIpc) is 3.35. The Balaban J connectivity index is 1.80. The first-order valence-corrected chi connectivity index (χ1v) is 8.92. The number of ether oxygens (including phenoxy) is 2. The lowest BCUT2D eigenvalue weighted by Gasteiger charge is -2.15. The predicted octanol–water partition coefficient (Wildman–Crippen LogP) is 4.53. The molecule has 3 rings (SSSR count). The molecule has 0 aliphatic heterocycles. The van der Waals surface area contributed by atoms with Crippen LogP contribution in [0.25, 0.3) is 0 Å². The number of halogens is 2. The van der Waals surface area contributed by atoms with Crippen LogP contribution in [0.1, 0.15) is 28.8 Å². The molecule has 2 aromatic rings. The maximum Gasteiger partial charge on any atom is 0.350 e. The molecule has 0 unspecified atom stereocenters. The molecule has 124 valence electrons.